The minimum Gasteiger partial charge on any atom is -0.487 e. The Kier molecular flexibility index (Phi) is 3.65. The normalized spacial score (nSPS) is 24.4. The molecule has 3 nitrogen and oxygen atoms in total. The van der Waals surface area contributed by atoms with Crippen LogP contribution in [0.25, 0.3) is 0 Å². The Bertz CT molecular complexity index is 440. The van der Waals surface area contributed by atoms with Gasteiger partial charge in [0.2, 0.25) is 0 Å². The number of fused-ring (bicyclic) bond motifs is 1. The summed E-state index contributed by atoms with van der Waals surface area (Å²) in [5, 5.41) is 3.46. The average molecular weight is 260 g/mol. The highest BCUT2D eigenvalue weighted by Crippen LogP contribution is 2.30. The molecule has 19 heavy (non-hydrogen) atoms. The number of likely N-dealkylation sites (tertiary alicyclic amines) is 1. The van der Waals surface area contributed by atoms with E-state index >= 15 is 0 Å². The Balaban J connectivity index is 1.68. The molecule has 0 aliphatic carbocycles. The fourth-order valence-corrected chi connectivity index (χ4v) is 3.11. The van der Waals surface area contributed by atoms with Crippen LogP contribution in [0.15, 0.2) is 18.2 Å². The zero-order valence-electron chi connectivity index (χ0n) is 12.0. The molecule has 1 aromatic rings. The van der Waals surface area contributed by atoms with Crippen LogP contribution in [-0.4, -0.2) is 36.7 Å². The van der Waals surface area contributed by atoms with Crippen molar-refractivity contribution in [2.24, 2.45) is 0 Å². The molecule has 1 fully saturated rings. The molecule has 0 radical (unpaired) electrons. The molecule has 0 saturated carbocycles. The zero-order valence-corrected chi connectivity index (χ0v) is 12.0. The second kappa shape index (κ2) is 5.41. The quantitative estimate of drug-likeness (QED) is 0.904. The van der Waals surface area contributed by atoms with Crippen LogP contribution < -0.4 is 10.1 Å². The van der Waals surface area contributed by atoms with E-state index < -0.39 is 0 Å². The molecule has 1 saturated heterocycles. The van der Waals surface area contributed by atoms with Gasteiger partial charge in [-0.25, -0.2) is 0 Å². The van der Waals surface area contributed by atoms with E-state index in [-0.39, 0.29) is 6.10 Å². The number of nitrogens with one attached hydrogen (secondary N) is 1. The monoisotopic (exact) mass is 260 g/mol. The summed E-state index contributed by atoms with van der Waals surface area (Å²) in [6.07, 6.45) is 4.12. The van der Waals surface area contributed by atoms with Crippen molar-refractivity contribution >= 4 is 5.69 Å². The third-order valence-electron chi connectivity index (χ3n) is 4.25. The summed E-state index contributed by atoms with van der Waals surface area (Å²) >= 11 is 0. The van der Waals surface area contributed by atoms with Crippen molar-refractivity contribution in [3.63, 3.8) is 0 Å². The van der Waals surface area contributed by atoms with Crippen LogP contribution in [0, 0.1) is 0 Å². The molecule has 3 rings (SSSR count). The first-order valence-electron chi connectivity index (χ1n) is 7.50. The molecule has 1 N–H and O–H groups in total. The topological polar surface area (TPSA) is 24.5 Å². The molecule has 2 aliphatic heterocycles. The highest BCUT2D eigenvalue weighted by Gasteiger charge is 2.20. The first kappa shape index (κ1) is 12.8. The van der Waals surface area contributed by atoms with E-state index in [1.807, 2.05) is 0 Å². The van der Waals surface area contributed by atoms with Gasteiger partial charge in [0.25, 0.3) is 0 Å². The van der Waals surface area contributed by atoms with Crippen molar-refractivity contribution in [1.82, 2.24) is 4.90 Å². The van der Waals surface area contributed by atoms with Crippen LogP contribution in [0.5, 0.6) is 5.75 Å². The lowest BCUT2D eigenvalue weighted by molar-refractivity contribution is 0.226. The molecule has 2 atom stereocenters. The van der Waals surface area contributed by atoms with Crippen LogP contribution in [0.4, 0.5) is 5.69 Å². The van der Waals surface area contributed by atoms with E-state index in [2.05, 4.69) is 42.3 Å². The number of benzene rings is 1. The summed E-state index contributed by atoms with van der Waals surface area (Å²) < 4.78 is 5.82. The lowest BCUT2D eigenvalue weighted by atomic mass is 10.0. The van der Waals surface area contributed by atoms with E-state index in [0.29, 0.717) is 6.04 Å². The maximum absolute atomic E-state index is 5.82. The predicted molar refractivity (Wildman–Crippen MR) is 79.0 cm³/mol. The fraction of sp³-hybridized carbons (Fsp3) is 0.625. The minimum absolute atomic E-state index is 0.266. The van der Waals surface area contributed by atoms with Gasteiger partial charge in [-0.05, 0) is 63.9 Å². The van der Waals surface area contributed by atoms with Gasteiger partial charge >= 0.3 is 0 Å². The Hall–Kier alpha value is -1.22. The number of hydrogen-bond acceptors (Lipinski definition) is 3. The number of hydrogen-bond donors (Lipinski definition) is 1. The first-order valence-corrected chi connectivity index (χ1v) is 7.50. The van der Waals surface area contributed by atoms with Crippen molar-refractivity contribution in [3.8, 4) is 5.75 Å². The summed E-state index contributed by atoms with van der Waals surface area (Å²) in [5.41, 5.74) is 2.56. The second-order valence-corrected chi connectivity index (χ2v) is 5.94. The van der Waals surface area contributed by atoms with Crippen LogP contribution in [-0.2, 0) is 6.42 Å². The Morgan fingerprint density at radius 1 is 1.37 bits per heavy atom. The van der Waals surface area contributed by atoms with E-state index in [9.17, 15) is 0 Å². The fourth-order valence-electron chi connectivity index (χ4n) is 3.11. The van der Waals surface area contributed by atoms with Gasteiger partial charge in [0.1, 0.15) is 11.9 Å². The van der Waals surface area contributed by atoms with Gasteiger partial charge in [-0.1, -0.05) is 6.07 Å². The SMILES string of the molecule is CC1CNc2cc(CC(C)N3CCCC3)ccc2O1. The first-order chi connectivity index (χ1) is 9.22. The number of rotatable bonds is 3. The van der Waals surface area contributed by atoms with E-state index in [0.717, 1.165) is 24.4 Å². The van der Waals surface area contributed by atoms with Crippen molar-refractivity contribution in [3.05, 3.63) is 23.8 Å². The molecule has 1 aromatic carbocycles. The smallest absolute Gasteiger partial charge is 0.142 e. The van der Waals surface area contributed by atoms with Gasteiger partial charge < -0.3 is 15.0 Å². The van der Waals surface area contributed by atoms with Crippen molar-refractivity contribution in [2.45, 2.75) is 45.3 Å². The Morgan fingerprint density at radius 2 is 2.16 bits per heavy atom. The molecule has 104 valence electrons. The maximum atomic E-state index is 5.82. The summed E-state index contributed by atoms with van der Waals surface area (Å²) in [7, 11) is 0. The summed E-state index contributed by atoms with van der Waals surface area (Å²) in [6.45, 7) is 7.88. The molecule has 2 aliphatic rings. The van der Waals surface area contributed by atoms with Gasteiger partial charge in [-0.2, -0.15) is 0 Å². The molecule has 0 bridgehead atoms. The minimum atomic E-state index is 0.266. The maximum Gasteiger partial charge on any atom is 0.142 e. The molecule has 3 heteroatoms. The lowest BCUT2D eigenvalue weighted by Gasteiger charge is -2.27. The van der Waals surface area contributed by atoms with Crippen LogP contribution in [0.2, 0.25) is 0 Å². The van der Waals surface area contributed by atoms with E-state index in [1.165, 1.54) is 31.5 Å². The van der Waals surface area contributed by atoms with Gasteiger partial charge in [0.05, 0.1) is 12.2 Å². The molecule has 2 heterocycles. The van der Waals surface area contributed by atoms with Crippen molar-refractivity contribution in [2.75, 3.05) is 25.0 Å². The van der Waals surface area contributed by atoms with Crippen LogP contribution in [0.3, 0.4) is 0 Å². The van der Waals surface area contributed by atoms with Gasteiger partial charge in [0.15, 0.2) is 0 Å². The summed E-state index contributed by atoms with van der Waals surface area (Å²) in [6, 6.07) is 7.23. The molecule has 0 amide bonds. The van der Waals surface area contributed by atoms with E-state index in [4.69, 9.17) is 4.74 Å². The van der Waals surface area contributed by atoms with Gasteiger partial charge in [-0.15, -0.1) is 0 Å². The van der Waals surface area contributed by atoms with Gasteiger partial charge in [0, 0.05) is 6.04 Å². The standard InChI is InChI=1S/C16H24N2O/c1-12(18-7-3-4-8-18)9-14-5-6-16-15(10-14)17-11-13(2)19-16/h5-6,10,12-13,17H,3-4,7-9,11H2,1-2H3. The molecule has 0 spiro atoms. The third kappa shape index (κ3) is 2.86. The molecular weight excluding hydrogens is 236 g/mol. The Labute approximate surface area is 115 Å². The molecule has 2 unspecified atom stereocenters. The van der Waals surface area contributed by atoms with Crippen molar-refractivity contribution in [1.29, 1.82) is 0 Å². The highest BCUT2D eigenvalue weighted by molar-refractivity contribution is 5.59. The zero-order chi connectivity index (χ0) is 13.2. The van der Waals surface area contributed by atoms with Crippen molar-refractivity contribution < 1.29 is 4.74 Å². The highest BCUT2D eigenvalue weighted by atomic mass is 16.5. The van der Waals surface area contributed by atoms with E-state index in [1.54, 1.807) is 0 Å². The van der Waals surface area contributed by atoms with Gasteiger partial charge in [-0.3, -0.25) is 0 Å². The summed E-state index contributed by atoms with van der Waals surface area (Å²) in [5.74, 6) is 0.997. The summed E-state index contributed by atoms with van der Waals surface area (Å²) in [4.78, 5) is 2.60. The molecular formula is C16H24N2O. The number of ether oxygens (including phenoxy) is 1. The molecule has 0 aromatic heterocycles. The van der Waals surface area contributed by atoms with Crippen LogP contribution >= 0.6 is 0 Å². The number of nitrogens with zero attached hydrogens (tertiary/aromatic N) is 1. The predicted octanol–water partition coefficient (Wildman–Crippen LogP) is 2.91. The number of anilines is 1. The third-order valence-corrected chi connectivity index (χ3v) is 4.25. The lowest BCUT2D eigenvalue weighted by Crippen LogP contribution is -2.32. The second-order valence-electron chi connectivity index (χ2n) is 5.94. The average Bonchev–Trinajstić information content (AvgIpc) is 2.93. The Morgan fingerprint density at radius 3 is 2.95 bits per heavy atom. The largest absolute Gasteiger partial charge is 0.487 e. The van der Waals surface area contributed by atoms with Crippen LogP contribution in [0.1, 0.15) is 32.3 Å².